The molecule has 1 aliphatic carbocycles. The molecule has 1 N–H and O–H groups in total. The molecule has 1 aliphatic rings. The van der Waals surface area contributed by atoms with Crippen molar-refractivity contribution in [2.24, 2.45) is 5.92 Å². The summed E-state index contributed by atoms with van der Waals surface area (Å²) in [4.78, 5) is 34.9. The topological polar surface area (TPSA) is 119 Å². The zero-order chi connectivity index (χ0) is 17.9. The van der Waals surface area contributed by atoms with Crippen LogP contribution >= 0.6 is 0 Å². The summed E-state index contributed by atoms with van der Waals surface area (Å²) in [5.74, 6) is -0.437. The zero-order valence-corrected chi connectivity index (χ0v) is 13.7. The molecular formula is C15H20N4O5. The number of nitrogens with one attached hydrogen (secondary N) is 1. The van der Waals surface area contributed by atoms with Crippen LogP contribution in [0, 0.1) is 26.1 Å². The SMILES string of the molecule is CN(C)c1cc(NC(=O)C2CCCCC2)c([N+](=O)[O-])cc1[N+](=O)[O-]. The van der Waals surface area contributed by atoms with Crippen LogP contribution in [0.1, 0.15) is 32.1 Å². The Hall–Kier alpha value is -2.71. The van der Waals surface area contributed by atoms with Gasteiger partial charge in [-0.3, -0.25) is 25.0 Å². The third-order valence-corrected chi connectivity index (χ3v) is 4.20. The number of amides is 1. The van der Waals surface area contributed by atoms with E-state index in [1.807, 2.05) is 0 Å². The molecule has 9 nitrogen and oxygen atoms in total. The molecule has 24 heavy (non-hydrogen) atoms. The molecule has 1 aromatic rings. The van der Waals surface area contributed by atoms with E-state index >= 15 is 0 Å². The number of carbonyl (C=O) groups excluding carboxylic acids is 1. The van der Waals surface area contributed by atoms with Gasteiger partial charge in [-0.25, -0.2) is 0 Å². The highest BCUT2D eigenvalue weighted by molar-refractivity contribution is 5.96. The number of nitrogens with zero attached hydrogens (tertiary/aromatic N) is 3. The van der Waals surface area contributed by atoms with Crippen molar-refractivity contribution in [3.8, 4) is 0 Å². The Kier molecular flexibility index (Phi) is 5.32. The molecule has 0 radical (unpaired) electrons. The van der Waals surface area contributed by atoms with E-state index in [0.717, 1.165) is 38.2 Å². The molecule has 1 saturated carbocycles. The van der Waals surface area contributed by atoms with E-state index in [0.29, 0.717) is 0 Å². The summed E-state index contributed by atoms with van der Waals surface area (Å²) in [6.07, 6.45) is 4.53. The second-order valence-electron chi connectivity index (χ2n) is 6.09. The minimum atomic E-state index is -0.719. The minimum absolute atomic E-state index is 0.00938. The van der Waals surface area contributed by atoms with E-state index in [1.54, 1.807) is 14.1 Å². The Morgan fingerprint density at radius 3 is 2.17 bits per heavy atom. The number of benzene rings is 1. The molecular weight excluding hydrogens is 316 g/mol. The van der Waals surface area contributed by atoms with Crippen LogP contribution in [0.25, 0.3) is 0 Å². The summed E-state index contributed by atoms with van der Waals surface area (Å²) < 4.78 is 0. The van der Waals surface area contributed by atoms with Gasteiger partial charge in [0.1, 0.15) is 11.4 Å². The molecule has 0 atom stereocenters. The first-order valence-corrected chi connectivity index (χ1v) is 7.76. The second kappa shape index (κ2) is 7.24. The molecule has 130 valence electrons. The summed E-state index contributed by atoms with van der Waals surface area (Å²) in [6.45, 7) is 0. The number of nitro benzene ring substituents is 2. The van der Waals surface area contributed by atoms with E-state index in [1.165, 1.54) is 11.0 Å². The van der Waals surface area contributed by atoms with E-state index in [9.17, 15) is 25.0 Å². The van der Waals surface area contributed by atoms with Gasteiger partial charge < -0.3 is 10.2 Å². The Morgan fingerprint density at radius 2 is 1.67 bits per heavy atom. The Balaban J connectivity index is 2.39. The van der Waals surface area contributed by atoms with Crippen LogP contribution in [0.15, 0.2) is 12.1 Å². The highest BCUT2D eigenvalue weighted by Crippen LogP contribution is 2.38. The number of rotatable bonds is 5. The lowest BCUT2D eigenvalue weighted by Crippen LogP contribution is -2.25. The number of carbonyl (C=O) groups is 1. The fourth-order valence-electron chi connectivity index (χ4n) is 2.92. The molecule has 0 aliphatic heterocycles. The molecule has 0 bridgehead atoms. The monoisotopic (exact) mass is 336 g/mol. The van der Waals surface area contributed by atoms with Crippen molar-refractivity contribution in [2.75, 3.05) is 24.3 Å². The Morgan fingerprint density at radius 1 is 1.08 bits per heavy atom. The van der Waals surface area contributed by atoms with Crippen molar-refractivity contribution in [1.29, 1.82) is 0 Å². The predicted molar refractivity (Wildman–Crippen MR) is 89.3 cm³/mol. The van der Waals surface area contributed by atoms with Gasteiger partial charge >= 0.3 is 0 Å². The molecule has 1 fully saturated rings. The summed E-state index contributed by atoms with van der Waals surface area (Å²) in [6, 6.07) is 2.18. The Bertz CT molecular complexity index is 668. The van der Waals surface area contributed by atoms with Gasteiger partial charge in [0.2, 0.25) is 5.91 Å². The molecule has 9 heteroatoms. The smallest absolute Gasteiger partial charge is 0.299 e. The van der Waals surface area contributed by atoms with Crippen molar-refractivity contribution in [3.63, 3.8) is 0 Å². The van der Waals surface area contributed by atoms with Crippen LogP contribution in [0.5, 0.6) is 0 Å². The molecule has 0 spiro atoms. The van der Waals surface area contributed by atoms with Gasteiger partial charge in [-0.1, -0.05) is 19.3 Å². The fraction of sp³-hybridized carbons (Fsp3) is 0.533. The number of hydrogen-bond acceptors (Lipinski definition) is 6. The average Bonchev–Trinajstić information content (AvgIpc) is 2.54. The van der Waals surface area contributed by atoms with E-state index in [4.69, 9.17) is 0 Å². The van der Waals surface area contributed by atoms with Gasteiger partial charge in [0.15, 0.2) is 0 Å². The van der Waals surface area contributed by atoms with E-state index in [2.05, 4.69) is 5.32 Å². The van der Waals surface area contributed by atoms with Gasteiger partial charge in [-0.15, -0.1) is 0 Å². The molecule has 0 heterocycles. The van der Waals surface area contributed by atoms with Gasteiger partial charge in [0.25, 0.3) is 11.4 Å². The largest absolute Gasteiger partial charge is 0.372 e. The second-order valence-corrected chi connectivity index (χ2v) is 6.09. The number of anilines is 2. The van der Waals surface area contributed by atoms with E-state index < -0.39 is 15.5 Å². The van der Waals surface area contributed by atoms with Gasteiger partial charge in [-0.2, -0.15) is 0 Å². The normalized spacial score (nSPS) is 14.9. The first kappa shape index (κ1) is 17.6. The maximum Gasteiger partial charge on any atom is 0.299 e. The summed E-state index contributed by atoms with van der Waals surface area (Å²) in [5.41, 5.74) is -0.659. The standard InChI is InChI=1S/C15H20N4O5/c1-17(2)13-8-11(12(18(21)22)9-14(13)19(23)24)16-15(20)10-6-4-3-5-7-10/h8-10H,3-7H2,1-2H3,(H,16,20). The fourth-order valence-corrected chi connectivity index (χ4v) is 2.92. The van der Waals surface area contributed by atoms with Crippen molar-refractivity contribution in [3.05, 3.63) is 32.4 Å². The van der Waals surface area contributed by atoms with Gasteiger partial charge in [0.05, 0.1) is 15.9 Å². The first-order valence-electron chi connectivity index (χ1n) is 7.76. The zero-order valence-electron chi connectivity index (χ0n) is 13.7. The quantitative estimate of drug-likeness (QED) is 0.652. The maximum absolute atomic E-state index is 12.4. The van der Waals surface area contributed by atoms with Crippen molar-refractivity contribution >= 4 is 28.7 Å². The molecule has 0 saturated heterocycles. The minimum Gasteiger partial charge on any atom is -0.372 e. The van der Waals surface area contributed by atoms with Crippen molar-refractivity contribution < 1.29 is 14.6 Å². The third-order valence-electron chi connectivity index (χ3n) is 4.20. The third kappa shape index (κ3) is 3.79. The van der Waals surface area contributed by atoms with Gasteiger partial charge in [-0.05, 0) is 18.9 Å². The van der Waals surface area contributed by atoms with Crippen molar-refractivity contribution in [2.45, 2.75) is 32.1 Å². The highest BCUT2D eigenvalue weighted by atomic mass is 16.6. The number of hydrogen-bond donors (Lipinski definition) is 1. The summed E-state index contributed by atoms with van der Waals surface area (Å²) >= 11 is 0. The lowest BCUT2D eigenvalue weighted by Gasteiger charge is -2.21. The van der Waals surface area contributed by atoms with Crippen LogP contribution < -0.4 is 10.2 Å². The molecule has 0 aromatic heterocycles. The van der Waals surface area contributed by atoms with Crippen LogP contribution in [0.3, 0.4) is 0 Å². The van der Waals surface area contributed by atoms with Crippen molar-refractivity contribution in [1.82, 2.24) is 0 Å². The molecule has 1 aromatic carbocycles. The van der Waals surface area contributed by atoms with Gasteiger partial charge in [0, 0.05) is 20.0 Å². The van der Waals surface area contributed by atoms with Crippen LogP contribution in [0.2, 0.25) is 0 Å². The lowest BCUT2D eigenvalue weighted by atomic mass is 9.88. The molecule has 0 unspecified atom stereocenters. The average molecular weight is 336 g/mol. The maximum atomic E-state index is 12.4. The van der Waals surface area contributed by atoms with E-state index in [-0.39, 0.29) is 28.9 Å². The Labute approximate surface area is 138 Å². The number of nitro groups is 2. The summed E-state index contributed by atoms with van der Waals surface area (Å²) in [7, 11) is 3.20. The van der Waals surface area contributed by atoms with Crippen LogP contribution in [-0.4, -0.2) is 29.8 Å². The predicted octanol–water partition coefficient (Wildman–Crippen LogP) is 3.09. The highest BCUT2D eigenvalue weighted by Gasteiger charge is 2.28. The lowest BCUT2D eigenvalue weighted by molar-refractivity contribution is -0.393. The molecule has 2 rings (SSSR count). The van der Waals surface area contributed by atoms with Crippen LogP contribution in [-0.2, 0) is 4.79 Å². The molecule has 1 amide bonds. The summed E-state index contributed by atoms with van der Waals surface area (Å²) in [5, 5.41) is 25.0. The first-order chi connectivity index (χ1) is 11.3. The van der Waals surface area contributed by atoms with Crippen LogP contribution in [0.4, 0.5) is 22.7 Å².